The zero-order valence-corrected chi connectivity index (χ0v) is 41.3. The van der Waals surface area contributed by atoms with Gasteiger partial charge in [0.1, 0.15) is 13.2 Å². The topological polar surface area (TPSA) is 111 Å². The SMILES string of the molecule is CCCCCCC/C=C\CCCCCCCC(=O)OCC(COC(OCC[N+](C)(C)C)C(=O)[O-])OC(=O)CCCCCCCCCCCCC/C=C\CCCCCCCCCC. The highest BCUT2D eigenvalue weighted by molar-refractivity contribution is 5.70. The third-order valence-electron chi connectivity index (χ3n) is 11.4. The van der Waals surface area contributed by atoms with Crippen molar-refractivity contribution in [3.63, 3.8) is 0 Å². The Bertz CT molecular complexity index is 1070. The lowest BCUT2D eigenvalue weighted by atomic mass is 10.0. The lowest BCUT2D eigenvalue weighted by Crippen LogP contribution is -2.44. The maximum absolute atomic E-state index is 12.8. The molecule has 0 aliphatic rings. The Labute approximate surface area is 382 Å². The fourth-order valence-corrected chi connectivity index (χ4v) is 7.35. The molecule has 0 fully saturated rings. The van der Waals surface area contributed by atoms with E-state index in [0.717, 1.165) is 51.4 Å². The van der Waals surface area contributed by atoms with Gasteiger partial charge >= 0.3 is 11.9 Å². The first kappa shape index (κ1) is 59.8. The number of allylic oxidation sites excluding steroid dienone is 4. The van der Waals surface area contributed by atoms with Gasteiger partial charge in [-0.25, -0.2) is 0 Å². The van der Waals surface area contributed by atoms with Gasteiger partial charge in [-0.3, -0.25) is 9.59 Å². The minimum Gasteiger partial charge on any atom is -0.545 e. The number of rotatable bonds is 48. The van der Waals surface area contributed by atoms with Gasteiger partial charge in [0.25, 0.3) is 0 Å². The van der Waals surface area contributed by atoms with Crippen molar-refractivity contribution in [1.82, 2.24) is 0 Å². The van der Waals surface area contributed by atoms with Gasteiger partial charge in [0.2, 0.25) is 0 Å². The summed E-state index contributed by atoms with van der Waals surface area (Å²) in [6.45, 7) is 4.75. The lowest BCUT2D eigenvalue weighted by Gasteiger charge is -2.26. The Morgan fingerprint density at radius 2 is 0.823 bits per heavy atom. The summed E-state index contributed by atoms with van der Waals surface area (Å²) in [5.41, 5.74) is 0. The molecule has 2 unspecified atom stereocenters. The molecule has 0 aliphatic heterocycles. The van der Waals surface area contributed by atoms with E-state index in [4.69, 9.17) is 18.9 Å². The molecule has 0 aromatic rings. The first-order chi connectivity index (χ1) is 30.1. The maximum Gasteiger partial charge on any atom is 0.306 e. The molecule has 0 spiro atoms. The number of quaternary nitrogens is 1. The second-order valence-corrected chi connectivity index (χ2v) is 18.8. The summed E-state index contributed by atoms with van der Waals surface area (Å²) in [5, 5.41) is 11.7. The molecule has 0 bridgehead atoms. The molecule has 2 atom stereocenters. The van der Waals surface area contributed by atoms with Crippen LogP contribution in [0.1, 0.15) is 239 Å². The van der Waals surface area contributed by atoms with Crippen molar-refractivity contribution in [3.8, 4) is 0 Å². The third-order valence-corrected chi connectivity index (χ3v) is 11.4. The Balaban J connectivity index is 4.28. The number of unbranched alkanes of at least 4 members (excludes halogenated alkanes) is 29. The van der Waals surface area contributed by atoms with E-state index in [2.05, 4.69) is 38.2 Å². The Hall–Kier alpha value is -2.23. The Morgan fingerprint density at radius 1 is 0.468 bits per heavy atom. The van der Waals surface area contributed by atoms with E-state index in [1.54, 1.807) is 0 Å². The van der Waals surface area contributed by atoms with Gasteiger partial charge in [-0.1, -0.05) is 186 Å². The number of esters is 2. The van der Waals surface area contributed by atoms with Crippen molar-refractivity contribution >= 4 is 17.9 Å². The molecule has 0 saturated carbocycles. The van der Waals surface area contributed by atoms with Crippen molar-refractivity contribution in [2.75, 3.05) is 47.5 Å². The van der Waals surface area contributed by atoms with Crippen LogP contribution in [0.15, 0.2) is 24.3 Å². The first-order valence-corrected chi connectivity index (χ1v) is 26.0. The quantitative estimate of drug-likeness (QED) is 0.0195. The van der Waals surface area contributed by atoms with E-state index in [0.29, 0.717) is 17.4 Å². The molecule has 0 N–H and O–H groups in total. The molecular weight excluding hydrogens is 779 g/mol. The predicted octanol–water partition coefficient (Wildman–Crippen LogP) is 13.1. The van der Waals surface area contributed by atoms with E-state index >= 15 is 0 Å². The van der Waals surface area contributed by atoms with Crippen molar-refractivity contribution in [2.24, 2.45) is 0 Å². The second kappa shape index (κ2) is 45.3. The molecule has 9 nitrogen and oxygen atoms in total. The zero-order chi connectivity index (χ0) is 45.6. The van der Waals surface area contributed by atoms with Crippen LogP contribution < -0.4 is 5.11 Å². The number of aliphatic carboxylic acids is 1. The fraction of sp³-hybridized carbons (Fsp3) is 0.868. The smallest absolute Gasteiger partial charge is 0.306 e. The molecule has 0 radical (unpaired) electrons. The average Bonchev–Trinajstić information content (AvgIpc) is 3.23. The summed E-state index contributed by atoms with van der Waals surface area (Å²) in [6.07, 6.45) is 47.8. The van der Waals surface area contributed by atoms with Crippen LogP contribution >= 0.6 is 0 Å². The van der Waals surface area contributed by atoms with Gasteiger partial charge < -0.3 is 33.3 Å². The average molecular weight is 878 g/mol. The van der Waals surface area contributed by atoms with E-state index in [-0.39, 0.29) is 38.6 Å². The minimum atomic E-state index is -1.62. The Kier molecular flexibility index (Phi) is 43.7. The van der Waals surface area contributed by atoms with Gasteiger partial charge in [-0.05, 0) is 64.2 Å². The van der Waals surface area contributed by atoms with Crippen LogP contribution in [0.5, 0.6) is 0 Å². The number of nitrogens with zero attached hydrogens (tertiary/aromatic N) is 1. The number of carbonyl (C=O) groups excluding carboxylic acids is 3. The normalized spacial score (nSPS) is 13.0. The molecule has 0 aromatic heterocycles. The summed E-state index contributed by atoms with van der Waals surface area (Å²) in [6, 6.07) is 0. The van der Waals surface area contributed by atoms with E-state index in [1.165, 1.54) is 154 Å². The largest absolute Gasteiger partial charge is 0.545 e. The number of hydrogen-bond acceptors (Lipinski definition) is 8. The summed E-state index contributed by atoms with van der Waals surface area (Å²) in [4.78, 5) is 37.1. The van der Waals surface area contributed by atoms with Crippen LogP contribution in [0.4, 0.5) is 0 Å². The zero-order valence-electron chi connectivity index (χ0n) is 41.3. The van der Waals surface area contributed by atoms with E-state index in [1.807, 2.05) is 21.1 Å². The van der Waals surface area contributed by atoms with Gasteiger partial charge in [0.15, 0.2) is 12.4 Å². The molecule has 0 rings (SSSR count). The maximum atomic E-state index is 12.8. The van der Waals surface area contributed by atoms with Gasteiger partial charge in [0.05, 0.1) is 40.3 Å². The van der Waals surface area contributed by atoms with Crippen molar-refractivity contribution in [3.05, 3.63) is 24.3 Å². The van der Waals surface area contributed by atoms with Crippen LogP contribution in [0.2, 0.25) is 0 Å². The van der Waals surface area contributed by atoms with Gasteiger partial charge in [-0.2, -0.15) is 0 Å². The predicted molar refractivity (Wildman–Crippen MR) is 256 cm³/mol. The molecule has 0 amide bonds. The molecular formula is C53H99NO8. The highest BCUT2D eigenvalue weighted by Gasteiger charge is 2.22. The number of carboxylic acids is 1. The van der Waals surface area contributed by atoms with Crippen molar-refractivity contribution in [2.45, 2.75) is 251 Å². The van der Waals surface area contributed by atoms with Crippen LogP contribution in [-0.2, 0) is 33.3 Å². The van der Waals surface area contributed by atoms with Crippen molar-refractivity contribution in [1.29, 1.82) is 0 Å². The molecule has 0 aliphatic carbocycles. The number of likely N-dealkylation sites (N-methyl/N-ethyl adjacent to an activating group) is 1. The van der Waals surface area contributed by atoms with E-state index < -0.39 is 24.3 Å². The van der Waals surface area contributed by atoms with Crippen LogP contribution in [0.25, 0.3) is 0 Å². The Morgan fingerprint density at radius 3 is 1.19 bits per heavy atom. The molecule has 9 heteroatoms. The first-order valence-electron chi connectivity index (χ1n) is 26.0. The monoisotopic (exact) mass is 878 g/mol. The molecule has 0 heterocycles. The van der Waals surface area contributed by atoms with Crippen molar-refractivity contribution < 1.29 is 42.9 Å². The highest BCUT2D eigenvalue weighted by atomic mass is 16.7. The number of carboxylic acid groups (broad SMARTS) is 1. The van der Waals surface area contributed by atoms with Gasteiger partial charge in [0, 0.05) is 12.8 Å². The van der Waals surface area contributed by atoms with E-state index in [9.17, 15) is 19.5 Å². The standard InChI is InChI=1S/C53H99NO8/c1-6-8-10-12-14-16-18-20-22-23-24-25-26-27-28-29-30-32-34-36-38-40-42-44-51(56)62-49(48-61-53(52(57)58)59-46-45-54(3,4)5)47-60-50(55)43-41-39-37-35-33-31-21-19-17-15-13-11-9-7-2/h19,21,23-24,49,53H,6-18,20,22,25-48H2,1-5H3/b21-19-,24-23-. The highest BCUT2D eigenvalue weighted by Crippen LogP contribution is 2.15. The number of hydrogen-bond donors (Lipinski definition) is 0. The van der Waals surface area contributed by atoms with Gasteiger partial charge in [-0.15, -0.1) is 0 Å². The second-order valence-electron chi connectivity index (χ2n) is 18.8. The molecule has 0 saturated heterocycles. The molecule has 62 heavy (non-hydrogen) atoms. The van der Waals surface area contributed by atoms with Crippen LogP contribution in [0.3, 0.4) is 0 Å². The lowest BCUT2D eigenvalue weighted by molar-refractivity contribution is -0.870. The minimum absolute atomic E-state index is 0.148. The molecule has 0 aromatic carbocycles. The number of carbonyl (C=O) groups is 3. The third kappa shape index (κ3) is 45.8. The number of ether oxygens (including phenoxy) is 4. The summed E-state index contributed by atoms with van der Waals surface area (Å²) in [7, 11) is 5.92. The van der Waals surface area contributed by atoms with Crippen LogP contribution in [0, 0.1) is 0 Å². The molecule has 364 valence electrons. The fourth-order valence-electron chi connectivity index (χ4n) is 7.35. The van der Waals surface area contributed by atoms with Crippen LogP contribution in [-0.4, -0.2) is 82.3 Å². The summed E-state index contributed by atoms with van der Waals surface area (Å²) < 4.78 is 22.6. The summed E-state index contributed by atoms with van der Waals surface area (Å²) >= 11 is 0. The summed E-state index contributed by atoms with van der Waals surface area (Å²) in [5.74, 6) is -2.28.